The molecular weight excluding hydrogens is 248 g/mol. The van der Waals surface area contributed by atoms with Crippen molar-refractivity contribution in [2.45, 2.75) is 26.4 Å². The van der Waals surface area contributed by atoms with Crippen molar-refractivity contribution in [2.24, 2.45) is 12.8 Å². The number of nitrogens with zero attached hydrogens (tertiary/aromatic N) is 3. The van der Waals surface area contributed by atoms with E-state index in [9.17, 15) is 0 Å². The average Bonchev–Trinajstić information content (AvgIpc) is 2.73. The molecule has 2 N–H and O–H groups in total. The van der Waals surface area contributed by atoms with E-state index in [0.717, 1.165) is 13.1 Å². The number of aryl methyl sites for hydroxylation is 3. The molecule has 1 aromatic carbocycles. The van der Waals surface area contributed by atoms with Crippen LogP contribution in [-0.2, 0) is 13.6 Å². The van der Waals surface area contributed by atoms with Crippen LogP contribution in [0.3, 0.4) is 0 Å². The number of hydrogen-bond acceptors (Lipinski definition) is 3. The van der Waals surface area contributed by atoms with Gasteiger partial charge in [-0.1, -0.05) is 29.3 Å². The lowest BCUT2D eigenvalue weighted by Gasteiger charge is -2.21. The monoisotopic (exact) mass is 272 g/mol. The maximum atomic E-state index is 6.33. The second-order valence-electron chi connectivity index (χ2n) is 5.75. The Morgan fingerprint density at radius 3 is 2.45 bits per heavy atom. The van der Waals surface area contributed by atoms with Crippen molar-refractivity contribution >= 4 is 0 Å². The Hall–Kier alpha value is -1.65. The first-order chi connectivity index (χ1) is 9.44. The highest BCUT2D eigenvalue weighted by molar-refractivity contribution is 5.30. The summed E-state index contributed by atoms with van der Waals surface area (Å²) in [6.45, 7) is 5.93. The maximum Gasteiger partial charge on any atom is 0.0534 e. The summed E-state index contributed by atoms with van der Waals surface area (Å²) in [6, 6.07) is 6.57. The van der Waals surface area contributed by atoms with Gasteiger partial charge in [-0.15, -0.1) is 0 Å². The third-order valence-electron chi connectivity index (χ3n) is 3.39. The molecule has 1 aromatic heterocycles. The fourth-order valence-electron chi connectivity index (χ4n) is 2.59. The molecule has 1 unspecified atom stereocenters. The van der Waals surface area contributed by atoms with Crippen LogP contribution >= 0.6 is 0 Å². The lowest BCUT2D eigenvalue weighted by Crippen LogP contribution is -2.28. The summed E-state index contributed by atoms with van der Waals surface area (Å²) in [6.07, 6.45) is 3.94. The minimum Gasteiger partial charge on any atom is -0.323 e. The average molecular weight is 272 g/mol. The molecule has 108 valence electrons. The molecule has 2 aromatic rings. The van der Waals surface area contributed by atoms with Gasteiger partial charge in [0.05, 0.1) is 6.20 Å². The molecule has 0 bridgehead atoms. The largest absolute Gasteiger partial charge is 0.323 e. The summed E-state index contributed by atoms with van der Waals surface area (Å²) < 4.78 is 1.83. The highest BCUT2D eigenvalue weighted by Crippen LogP contribution is 2.16. The number of aromatic nitrogens is 2. The van der Waals surface area contributed by atoms with Crippen molar-refractivity contribution in [3.05, 3.63) is 52.8 Å². The Bertz CT molecular complexity index is 553. The Morgan fingerprint density at radius 1 is 1.25 bits per heavy atom. The van der Waals surface area contributed by atoms with Gasteiger partial charge < -0.3 is 10.6 Å². The van der Waals surface area contributed by atoms with Crippen LogP contribution in [0.4, 0.5) is 0 Å². The van der Waals surface area contributed by atoms with E-state index in [0.29, 0.717) is 0 Å². The molecule has 2 rings (SSSR count). The number of hydrogen-bond donors (Lipinski definition) is 1. The van der Waals surface area contributed by atoms with Gasteiger partial charge in [-0.2, -0.15) is 5.10 Å². The smallest absolute Gasteiger partial charge is 0.0534 e. The van der Waals surface area contributed by atoms with Gasteiger partial charge in [-0.3, -0.25) is 4.68 Å². The molecule has 0 aliphatic carbocycles. The van der Waals surface area contributed by atoms with E-state index in [-0.39, 0.29) is 6.04 Å². The molecule has 0 aliphatic heterocycles. The van der Waals surface area contributed by atoms with E-state index in [1.54, 1.807) is 0 Å². The topological polar surface area (TPSA) is 47.1 Å². The van der Waals surface area contributed by atoms with Crippen LogP contribution in [0.5, 0.6) is 0 Å². The first-order valence-corrected chi connectivity index (χ1v) is 6.94. The summed E-state index contributed by atoms with van der Waals surface area (Å²) in [5, 5.41) is 4.19. The zero-order valence-corrected chi connectivity index (χ0v) is 12.8. The molecule has 4 heteroatoms. The fourth-order valence-corrected chi connectivity index (χ4v) is 2.59. The van der Waals surface area contributed by atoms with Gasteiger partial charge in [0.1, 0.15) is 0 Å². The van der Waals surface area contributed by atoms with Crippen LogP contribution in [0.15, 0.2) is 30.6 Å². The van der Waals surface area contributed by atoms with Crippen LogP contribution < -0.4 is 5.73 Å². The van der Waals surface area contributed by atoms with E-state index in [1.165, 1.54) is 22.3 Å². The number of nitrogens with two attached hydrogens (primary N) is 1. The van der Waals surface area contributed by atoms with Crippen LogP contribution in [0.25, 0.3) is 0 Å². The van der Waals surface area contributed by atoms with Crippen molar-refractivity contribution in [1.29, 1.82) is 0 Å². The third-order valence-corrected chi connectivity index (χ3v) is 3.39. The zero-order valence-electron chi connectivity index (χ0n) is 12.8. The quantitative estimate of drug-likeness (QED) is 0.907. The molecule has 0 saturated carbocycles. The van der Waals surface area contributed by atoms with Crippen LogP contribution in [0.2, 0.25) is 0 Å². The van der Waals surface area contributed by atoms with Gasteiger partial charge in [0.25, 0.3) is 0 Å². The van der Waals surface area contributed by atoms with Gasteiger partial charge in [0.2, 0.25) is 0 Å². The summed E-state index contributed by atoms with van der Waals surface area (Å²) in [5.74, 6) is 0. The summed E-state index contributed by atoms with van der Waals surface area (Å²) in [5.41, 5.74) is 11.3. The number of benzene rings is 1. The number of likely N-dealkylation sites (N-methyl/N-ethyl adjacent to an activating group) is 1. The van der Waals surface area contributed by atoms with Crippen LogP contribution in [0, 0.1) is 13.8 Å². The van der Waals surface area contributed by atoms with Crippen LogP contribution in [-0.4, -0.2) is 28.3 Å². The summed E-state index contributed by atoms with van der Waals surface area (Å²) in [7, 11) is 4.03. The molecule has 20 heavy (non-hydrogen) atoms. The zero-order chi connectivity index (χ0) is 14.7. The predicted octanol–water partition coefficient (Wildman–Crippen LogP) is 2.17. The summed E-state index contributed by atoms with van der Waals surface area (Å²) in [4.78, 5) is 2.24. The van der Waals surface area contributed by atoms with Gasteiger partial charge in [0.15, 0.2) is 0 Å². The Balaban J connectivity index is 1.97. The Kier molecular flexibility index (Phi) is 4.57. The molecule has 1 heterocycles. The van der Waals surface area contributed by atoms with Crippen molar-refractivity contribution in [1.82, 2.24) is 14.7 Å². The van der Waals surface area contributed by atoms with Crippen molar-refractivity contribution in [2.75, 3.05) is 13.6 Å². The SMILES string of the molecule is Cc1cc(C)cc(C(N)CN(C)Cc2cnn(C)c2)c1. The second kappa shape index (κ2) is 6.20. The van der Waals surface area contributed by atoms with E-state index < -0.39 is 0 Å². The minimum absolute atomic E-state index is 0.0373. The molecule has 1 atom stereocenters. The molecule has 0 radical (unpaired) electrons. The fraction of sp³-hybridized carbons (Fsp3) is 0.438. The molecular formula is C16H24N4. The normalized spacial score (nSPS) is 12.9. The van der Waals surface area contributed by atoms with Crippen molar-refractivity contribution in [3.8, 4) is 0 Å². The van der Waals surface area contributed by atoms with E-state index in [4.69, 9.17) is 5.73 Å². The first kappa shape index (κ1) is 14.8. The molecule has 0 saturated heterocycles. The predicted molar refractivity (Wildman–Crippen MR) is 82.4 cm³/mol. The van der Waals surface area contributed by atoms with Gasteiger partial charge in [-0.05, 0) is 26.5 Å². The highest BCUT2D eigenvalue weighted by Gasteiger charge is 2.11. The van der Waals surface area contributed by atoms with Gasteiger partial charge >= 0.3 is 0 Å². The van der Waals surface area contributed by atoms with Gasteiger partial charge in [0, 0.05) is 37.9 Å². The highest BCUT2D eigenvalue weighted by atomic mass is 15.2. The second-order valence-corrected chi connectivity index (χ2v) is 5.75. The first-order valence-electron chi connectivity index (χ1n) is 6.94. The maximum absolute atomic E-state index is 6.33. The minimum atomic E-state index is 0.0373. The Morgan fingerprint density at radius 2 is 1.90 bits per heavy atom. The van der Waals surface area contributed by atoms with Crippen LogP contribution in [0.1, 0.15) is 28.3 Å². The number of rotatable bonds is 5. The third kappa shape index (κ3) is 3.92. The van der Waals surface area contributed by atoms with Crippen molar-refractivity contribution in [3.63, 3.8) is 0 Å². The molecule has 0 fully saturated rings. The summed E-state index contributed by atoms with van der Waals surface area (Å²) >= 11 is 0. The van der Waals surface area contributed by atoms with E-state index in [2.05, 4.69) is 49.1 Å². The lowest BCUT2D eigenvalue weighted by molar-refractivity contribution is 0.305. The standard InChI is InChI=1S/C16H24N4/c1-12-5-13(2)7-15(6-12)16(17)11-19(3)9-14-8-18-20(4)10-14/h5-8,10,16H,9,11,17H2,1-4H3. The molecule has 0 aliphatic rings. The lowest BCUT2D eigenvalue weighted by atomic mass is 10.0. The van der Waals surface area contributed by atoms with E-state index in [1.807, 2.05) is 24.1 Å². The Labute approximate surface area is 121 Å². The molecule has 0 spiro atoms. The molecule has 4 nitrogen and oxygen atoms in total. The van der Waals surface area contributed by atoms with Crippen molar-refractivity contribution < 1.29 is 0 Å². The van der Waals surface area contributed by atoms with E-state index >= 15 is 0 Å². The molecule has 0 amide bonds. The van der Waals surface area contributed by atoms with Gasteiger partial charge in [-0.25, -0.2) is 0 Å².